The highest BCUT2D eigenvalue weighted by Gasteiger charge is 2.25. The molecule has 10 heteroatoms. The maximum absolute atomic E-state index is 12.9. The van der Waals surface area contributed by atoms with E-state index < -0.39 is 21.8 Å². The van der Waals surface area contributed by atoms with E-state index in [0.29, 0.717) is 23.4 Å². The molecule has 2 heterocycles. The quantitative estimate of drug-likeness (QED) is 0.656. The molecule has 2 aromatic rings. The molecule has 0 aliphatic carbocycles. The minimum Gasteiger partial charge on any atom is -0.444 e. The number of rotatable bonds is 6. The predicted molar refractivity (Wildman–Crippen MR) is 111 cm³/mol. The van der Waals surface area contributed by atoms with Gasteiger partial charge in [-0.3, -0.25) is 9.59 Å². The average molecular weight is 484 g/mol. The number of hydrogen-bond donors (Lipinski definition) is 2. The number of halogens is 1. The Bertz CT molecular complexity index is 981. The number of nitrogens with zero attached hydrogens (tertiary/aromatic N) is 1. The largest absolute Gasteiger partial charge is 0.444 e. The van der Waals surface area contributed by atoms with E-state index in [1.165, 1.54) is 22.5 Å². The Morgan fingerprint density at radius 2 is 1.79 bits per heavy atom. The first-order valence-electron chi connectivity index (χ1n) is 9.30. The lowest BCUT2D eigenvalue weighted by Crippen LogP contribution is -2.33. The van der Waals surface area contributed by atoms with Crippen LogP contribution in [0.5, 0.6) is 0 Å². The normalized spacial score (nSPS) is 15.5. The molecule has 3 rings (SSSR count). The van der Waals surface area contributed by atoms with Crippen LogP contribution in [0.4, 0.5) is 5.69 Å². The fourth-order valence-electron chi connectivity index (χ4n) is 3.05. The first-order valence-corrected chi connectivity index (χ1v) is 11.5. The van der Waals surface area contributed by atoms with Crippen molar-refractivity contribution in [3.05, 3.63) is 46.8 Å². The zero-order valence-corrected chi connectivity index (χ0v) is 18.1. The molecule has 1 fully saturated rings. The van der Waals surface area contributed by atoms with E-state index in [2.05, 4.69) is 26.6 Å². The zero-order valence-electron chi connectivity index (χ0n) is 15.7. The van der Waals surface area contributed by atoms with Crippen LogP contribution >= 0.6 is 15.9 Å². The van der Waals surface area contributed by atoms with Gasteiger partial charge in [-0.2, -0.15) is 4.31 Å². The lowest BCUT2D eigenvalue weighted by molar-refractivity contribution is -0.115. The molecule has 0 spiro atoms. The summed E-state index contributed by atoms with van der Waals surface area (Å²) in [5.41, 5.74) is 0.348. The van der Waals surface area contributed by atoms with Crippen LogP contribution in [0.15, 0.2) is 50.4 Å². The SMILES string of the molecule is O=C(CNC(=O)c1ccc(Br)o1)Nc1cccc(S(=O)(=O)N2CCCCCC2)c1. The fraction of sp³-hybridized carbons (Fsp3) is 0.368. The second-order valence-corrected chi connectivity index (χ2v) is 9.40. The van der Waals surface area contributed by atoms with Gasteiger partial charge in [-0.25, -0.2) is 8.42 Å². The summed E-state index contributed by atoms with van der Waals surface area (Å²) in [5, 5.41) is 5.05. The molecule has 8 nitrogen and oxygen atoms in total. The maximum atomic E-state index is 12.9. The standard InChI is InChI=1S/C19H22BrN3O5S/c20-17-9-8-16(28-17)19(25)21-13-18(24)22-14-6-5-7-15(12-14)29(26,27)23-10-3-1-2-4-11-23/h5-9,12H,1-4,10-11,13H2,(H,21,25)(H,22,24). The Labute approximate surface area is 177 Å². The summed E-state index contributed by atoms with van der Waals surface area (Å²) in [4.78, 5) is 24.2. The minimum absolute atomic E-state index is 0.0789. The van der Waals surface area contributed by atoms with Crippen LogP contribution in [0.1, 0.15) is 36.2 Å². The van der Waals surface area contributed by atoms with Crippen LogP contribution in [0, 0.1) is 0 Å². The van der Waals surface area contributed by atoms with Gasteiger partial charge in [-0.05, 0) is 59.1 Å². The number of anilines is 1. The summed E-state index contributed by atoms with van der Waals surface area (Å²) in [5.74, 6) is -0.924. The van der Waals surface area contributed by atoms with Gasteiger partial charge in [0.2, 0.25) is 15.9 Å². The van der Waals surface area contributed by atoms with Gasteiger partial charge >= 0.3 is 0 Å². The minimum atomic E-state index is -3.61. The molecule has 1 aliphatic rings. The summed E-state index contributed by atoms with van der Waals surface area (Å²) >= 11 is 3.10. The van der Waals surface area contributed by atoms with Crippen molar-refractivity contribution in [1.29, 1.82) is 0 Å². The summed E-state index contributed by atoms with van der Waals surface area (Å²) < 4.78 is 32.8. The third-order valence-corrected chi connectivity index (χ3v) is 6.85. The topological polar surface area (TPSA) is 109 Å². The number of carbonyl (C=O) groups excluding carboxylic acids is 2. The Morgan fingerprint density at radius 3 is 2.45 bits per heavy atom. The first kappa shape index (κ1) is 21.5. The van der Waals surface area contributed by atoms with E-state index >= 15 is 0 Å². The molecule has 1 aromatic heterocycles. The molecule has 29 heavy (non-hydrogen) atoms. The van der Waals surface area contributed by atoms with Crippen molar-refractivity contribution in [1.82, 2.24) is 9.62 Å². The van der Waals surface area contributed by atoms with E-state index in [9.17, 15) is 18.0 Å². The van der Waals surface area contributed by atoms with Gasteiger partial charge in [-0.15, -0.1) is 0 Å². The molecule has 1 aliphatic heterocycles. The molecule has 0 bridgehead atoms. The van der Waals surface area contributed by atoms with E-state index in [-0.39, 0.29) is 17.2 Å². The van der Waals surface area contributed by atoms with Crippen molar-refractivity contribution in [3.8, 4) is 0 Å². The van der Waals surface area contributed by atoms with Gasteiger partial charge in [0.25, 0.3) is 5.91 Å². The monoisotopic (exact) mass is 483 g/mol. The van der Waals surface area contributed by atoms with Crippen LogP contribution in [0.25, 0.3) is 0 Å². The van der Waals surface area contributed by atoms with Crippen LogP contribution in [0.2, 0.25) is 0 Å². The molecule has 1 aromatic carbocycles. The van der Waals surface area contributed by atoms with Crippen LogP contribution in [-0.4, -0.2) is 44.2 Å². The van der Waals surface area contributed by atoms with Crippen molar-refractivity contribution >= 4 is 43.5 Å². The molecule has 0 atom stereocenters. The first-order chi connectivity index (χ1) is 13.9. The number of carbonyl (C=O) groups is 2. The highest BCUT2D eigenvalue weighted by atomic mass is 79.9. The Balaban J connectivity index is 1.61. The van der Waals surface area contributed by atoms with Crippen LogP contribution in [0.3, 0.4) is 0 Å². The van der Waals surface area contributed by atoms with Crippen molar-refractivity contribution in [2.24, 2.45) is 0 Å². The van der Waals surface area contributed by atoms with Gasteiger partial charge in [0, 0.05) is 18.8 Å². The molecule has 0 saturated carbocycles. The molecule has 2 N–H and O–H groups in total. The van der Waals surface area contributed by atoms with Crippen molar-refractivity contribution in [3.63, 3.8) is 0 Å². The summed E-state index contributed by atoms with van der Waals surface area (Å²) in [7, 11) is -3.61. The molecule has 0 radical (unpaired) electrons. The zero-order chi connectivity index (χ0) is 20.9. The molecule has 2 amide bonds. The summed E-state index contributed by atoms with van der Waals surface area (Å²) in [6.07, 6.45) is 3.76. The lowest BCUT2D eigenvalue weighted by atomic mass is 10.2. The summed E-state index contributed by atoms with van der Waals surface area (Å²) in [6, 6.07) is 9.19. The Hall–Kier alpha value is -2.17. The highest BCUT2D eigenvalue weighted by Crippen LogP contribution is 2.22. The van der Waals surface area contributed by atoms with Gasteiger partial charge in [-0.1, -0.05) is 18.9 Å². The van der Waals surface area contributed by atoms with Crippen molar-refractivity contribution < 1.29 is 22.4 Å². The molecule has 0 unspecified atom stereocenters. The number of sulfonamides is 1. The Kier molecular flexibility index (Phi) is 7.09. The van der Waals surface area contributed by atoms with E-state index in [1.54, 1.807) is 18.2 Å². The van der Waals surface area contributed by atoms with E-state index in [4.69, 9.17) is 4.42 Å². The van der Waals surface area contributed by atoms with Gasteiger partial charge < -0.3 is 15.1 Å². The number of amides is 2. The van der Waals surface area contributed by atoms with E-state index in [1.807, 2.05) is 0 Å². The van der Waals surface area contributed by atoms with E-state index in [0.717, 1.165) is 25.7 Å². The lowest BCUT2D eigenvalue weighted by Gasteiger charge is -2.20. The highest BCUT2D eigenvalue weighted by molar-refractivity contribution is 9.10. The van der Waals surface area contributed by atoms with Gasteiger partial charge in [0.15, 0.2) is 10.4 Å². The second kappa shape index (κ2) is 9.55. The fourth-order valence-corrected chi connectivity index (χ4v) is 4.92. The maximum Gasteiger partial charge on any atom is 0.287 e. The average Bonchev–Trinajstić information content (AvgIpc) is 2.95. The predicted octanol–water partition coefficient (Wildman–Crippen LogP) is 2.98. The van der Waals surface area contributed by atoms with Crippen LogP contribution in [-0.2, 0) is 14.8 Å². The third-order valence-electron chi connectivity index (χ3n) is 4.53. The molecule has 156 valence electrons. The molecular weight excluding hydrogens is 462 g/mol. The summed E-state index contributed by atoms with van der Waals surface area (Å²) in [6.45, 7) is 0.738. The number of furan rings is 1. The molecular formula is C19H22BrN3O5S. The third kappa shape index (κ3) is 5.68. The Morgan fingerprint density at radius 1 is 1.07 bits per heavy atom. The number of benzene rings is 1. The smallest absolute Gasteiger partial charge is 0.287 e. The van der Waals surface area contributed by atoms with Crippen molar-refractivity contribution in [2.45, 2.75) is 30.6 Å². The number of hydrogen-bond acceptors (Lipinski definition) is 5. The van der Waals surface area contributed by atoms with Crippen LogP contribution < -0.4 is 10.6 Å². The molecule has 1 saturated heterocycles. The van der Waals surface area contributed by atoms with Crippen molar-refractivity contribution in [2.75, 3.05) is 25.0 Å². The van der Waals surface area contributed by atoms with Gasteiger partial charge in [0.05, 0.1) is 11.4 Å². The van der Waals surface area contributed by atoms with Gasteiger partial charge in [0.1, 0.15) is 0 Å². The number of nitrogens with one attached hydrogen (secondary N) is 2. The second-order valence-electron chi connectivity index (χ2n) is 6.68.